The minimum atomic E-state index is 0.488. The molecule has 0 spiro atoms. The zero-order chi connectivity index (χ0) is 14.8. The summed E-state index contributed by atoms with van der Waals surface area (Å²) in [6.07, 6.45) is 9.76. The van der Waals surface area contributed by atoms with Crippen LogP contribution in [0.25, 0.3) is 0 Å². The van der Waals surface area contributed by atoms with E-state index in [4.69, 9.17) is 5.73 Å². The van der Waals surface area contributed by atoms with Crippen LogP contribution in [0.4, 0.5) is 0 Å². The summed E-state index contributed by atoms with van der Waals surface area (Å²) >= 11 is 0. The molecule has 2 nitrogen and oxygen atoms in total. The van der Waals surface area contributed by atoms with Crippen molar-refractivity contribution in [2.45, 2.75) is 84.7 Å². The Bertz CT molecular complexity index is 286. The molecule has 2 unspecified atom stereocenters. The van der Waals surface area contributed by atoms with Crippen molar-refractivity contribution >= 4 is 0 Å². The van der Waals surface area contributed by atoms with Crippen LogP contribution in [-0.2, 0) is 0 Å². The highest BCUT2D eigenvalue weighted by Crippen LogP contribution is 2.41. The molecule has 118 valence electrons. The third kappa shape index (κ3) is 3.76. The molecule has 1 heterocycles. The fraction of sp³-hybridized carbons (Fsp3) is 1.00. The van der Waals surface area contributed by atoms with E-state index in [1.807, 2.05) is 0 Å². The molecule has 2 rings (SSSR count). The van der Waals surface area contributed by atoms with Gasteiger partial charge in [-0.05, 0) is 69.2 Å². The molecule has 2 N–H and O–H groups in total. The fourth-order valence-corrected chi connectivity index (χ4v) is 4.58. The molecular weight excluding hydrogens is 244 g/mol. The van der Waals surface area contributed by atoms with Gasteiger partial charge in [-0.1, -0.05) is 27.2 Å². The number of hydrogen-bond donors (Lipinski definition) is 1. The molecule has 2 fully saturated rings. The number of hydrogen-bond acceptors (Lipinski definition) is 2. The summed E-state index contributed by atoms with van der Waals surface area (Å²) in [5, 5.41) is 0. The summed E-state index contributed by atoms with van der Waals surface area (Å²) in [5.74, 6) is 1.76. The van der Waals surface area contributed by atoms with Gasteiger partial charge in [0.05, 0.1) is 0 Å². The average molecular weight is 281 g/mol. The SMILES string of the molecule is CC1CCCCN1C(CN)C1CCC(C(C)(C)C)CC1. The van der Waals surface area contributed by atoms with Gasteiger partial charge in [-0.2, -0.15) is 0 Å². The normalized spacial score (nSPS) is 35.0. The summed E-state index contributed by atoms with van der Waals surface area (Å²) in [7, 11) is 0. The van der Waals surface area contributed by atoms with Gasteiger partial charge in [0, 0.05) is 18.6 Å². The Morgan fingerprint density at radius 1 is 1.05 bits per heavy atom. The van der Waals surface area contributed by atoms with Gasteiger partial charge in [-0.3, -0.25) is 4.90 Å². The number of nitrogens with two attached hydrogens (primary N) is 1. The van der Waals surface area contributed by atoms with Crippen LogP contribution in [0, 0.1) is 17.3 Å². The van der Waals surface area contributed by atoms with E-state index in [1.54, 1.807) is 0 Å². The van der Waals surface area contributed by atoms with E-state index >= 15 is 0 Å². The highest BCUT2D eigenvalue weighted by atomic mass is 15.2. The summed E-state index contributed by atoms with van der Waals surface area (Å²) in [6, 6.07) is 1.39. The van der Waals surface area contributed by atoms with Crippen molar-refractivity contribution in [2.75, 3.05) is 13.1 Å². The molecule has 20 heavy (non-hydrogen) atoms. The Labute approximate surface area is 126 Å². The zero-order valence-electron chi connectivity index (χ0n) is 14.2. The topological polar surface area (TPSA) is 29.3 Å². The van der Waals surface area contributed by atoms with Gasteiger partial charge in [-0.25, -0.2) is 0 Å². The van der Waals surface area contributed by atoms with Crippen molar-refractivity contribution in [3.63, 3.8) is 0 Å². The third-order valence-electron chi connectivity index (χ3n) is 6.06. The second-order valence-electron chi connectivity index (χ2n) is 8.36. The van der Waals surface area contributed by atoms with Crippen molar-refractivity contribution in [1.29, 1.82) is 0 Å². The standard InChI is InChI=1S/C18H36N2/c1-14-7-5-6-12-20(14)17(13-19)15-8-10-16(11-9-15)18(2,3)4/h14-17H,5-13,19H2,1-4H3. The summed E-state index contributed by atoms with van der Waals surface area (Å²) in [4.78, 5) is 2.74. The van der Waals surface area contributed by atoms with E-state index in [2.05, 4.69) is 32.6 Å². The lowest BCUT2D eigenvalue weighted by molar-refractivity contribution is 0.0424. The van der Waals surface area contributed by atoms with E-state index < -0.39 is 0 Å². The van der Waals surface area contributed by atoms with Crippen molar-refractivity contribution in [2.24, 2.45) is 23.0 Å². The first-order chi connectivity index (χ1) is 9.43. The lowest BCUT2D eigenvalue weighted by Crippen LogP contribution is -2.52. The Morgan fingerprint density at radius 2 is 1.70 bits per heavy atom. The van der Waals surface area contributed by atoms with Crippen molar-refractivity contribution in [3.05, 3.63) is 0 Å². The van der Waals surface area contributed by atoms with Gasteiger partial charge in [0.1, 0.15) is 0 Å². The third-order valence-corrected chi connectivity index (χ3v) is 6.06. The van der Waals surface area contributed by atoms with E-state index in [1.165, 1.54) is 51.5 Å². The molecule has 1 aliphatic carbocycles. The minimum Gasteiger partial charge on any atom is -0.329 e. The molecule has 0 bridgehead atoms. The second-order valence-corrected chi connectivity index (χ2v) is 8.36. The molecule has 0 aromatic rings. The van der Waals surface area contributed by atoms with Crippen LogP contribution in [0.15, 0.2) is 0 Å². The predicted octanol–water partition coefficient (Wildman–Crippen LogP) is 4.04. The second kappa shape index (κ2) is 6.79. The number of piperidine rings is 1. The van der Waals surface area contributed by atoms with Gasteiger partial charge >= 0.3 is 0 Å². The van der Waals surface area contributed by atoms with Gasteiger partial charge in [0.25, 0.3) is 0 Å². The van der Waals surface area contributed by atoms with Crippen LogP contribution in [0.1, 0.15) is 72.6 Å². The van der Waals surface area contributed by atoms with Crippen molar-refractivity contribution in [3.8, 4) is 0 Å². The van der Waals surface area contributed by atoms with Gasteiger partial charge in [-0.15, -0.1) is 0 Å². The summed E-state index contributed by atoms with van der Waals surface area (Å²) < 4.78 is 0. The van der Waals surface area contributed by atoms with Crippen LogP contribution in [0.3, 0.4) is 0 Å². The van der Waals surface area contributed by atoms with E-state index in [-0.39, 0.29) is 0 Å². The molecular formula is C18H36N2. The first-order valence-corrected chi connectivity index (χ1v) is 8.89. The average Bonchev–Trinajstić information content (AvgIpc) is 2.41. The maximum absolute atomic E-state index is 6.18. The van der Waals surface area contributed by atoms with Crippen molar-refractivity contribution in [1.82, 2.24) is 4.90 Å². The molecule has 2 aliphatic rings. The van der Waals surface area contributed by atoms with Crippen LogP contribution in [0.2, 0.25) is 0 Å². The number of rotatable bonds is 3. The molecule has 0 amide bonds. The van der Waals surface area contributed by atoms with Gasteiger partial charge in [0.2, 0.25) is 0 Å². The molecule has 1 saturated heterocycles. The lowest BCUT2D eigenvalue weighted by Gasteiger charge is -2.46. The molecule has 2 atom stereocenters. The summed E-state index contributed by atoms with van der Waals surface area (Å²) in [6.45, 7) is 11.8. The van der Waals surface area contributed by atoms with Crippen LogP contribution in [-0.4, -0.2) is 30.1 Å². The zero-order valence-corrected chi connectivity index (χ0v) is 14.2. The van der Waals surface area contributed by atoms with Gasteiger partial charge < -0.3 is 5.73 Å². The highest BCUT2D eigenvalue weighted by Gasteiger charge is 2.36. The van der Waals surface area contributed by atoms with Crippen LogP contribution < -0.4 is 5.73 Å². The molecule has 2 heteroatoms. The van der Waals surface area contributed by atoms with E-state index in [0.29, 0.717) is 11.5 Å². The maximum atomic E-state index is 6.18. The van der Waals surface area contributed by atoms with Gasteiger partial charge in [0.15, 0.2) is 0 Å². The van der Waals surface area contributed by atoms with Crippen LogP contribution >= 0.6 is 0 Å². The monoisotopic (exact) mass is 280 g/mol. The number of likely N-dealkylation sites (tertiary alicyclic amines) is 1. The molecule has 0 aromatic carbocycles. The largest absolute Gasteiger partial charge is 0.329 e. The Kier molecular flexibility index (Phi) is 5.53. The first kappa shape index (κ1) is 16.3. The fourth-order valence-electron chi connectivity index (χ4n) is 4.58. The predicted molar refractivity (Wildman–Crippen MR) is 87.8 cm³/mol. The molecule has 0 radical (unpaired) electrons. The lowest BCUT2D eigenvalue weighted by atomic mass is 9.68. The Morgan fingerprint density at radius 3 is 2.20 bits per heavy atom. The summed E-state index contributed by atoms with van der Waals surface area (Å²) in [5.41, 5.74) is 6.66. The van der Waals surface area contributed by atoms with E-state index in [0.717, 1.165) is 24.4 Å². The smallest absolute Gasteiger partial charge is 0.0249 e. The maximum Gasteiger partial charge on any atom is 0.0249 e. The first-order valence-electron chi connectivity index (χ1n) is 8.89. The highest BCUT2D eigenvalue weighted by molar-refractivity contribution is 4.90. The Hall–Kier alpha value is -0.0800. The van der Waals surface area contributed by atoms with Crippen molar-refractivity contribution < 1.29 is 0 Å². The van der Waals surface area contributed by atoms with Crippen LogP contribution in [0.5, 0.6) is 0 Å². The quantitative estimate of drug-likeness (QED) is 0.845. The Balaban J connectivity index is 1.93. The van der Waals surface area contributed by atoms with E-state index in [9.17, 15) is 0 Å². The molecule has 0 aromatic heterocycles. The number of nitrogens with zero attached hydrogens (tertiary/aromatic N) is 1. The molecule has 1 aliphatic heterocycles. The molecule has 1 saturated carbocycles. The minimum absolute atomic E-state index is 0.488.